The van der Waals surface area contributed by atoms with Crippen molar-refractivity contribution < 1.29 is 4.79 Å². The van der Waals surface area contributed by atoms with E-state index in [1.165, 1.54) is 0 Å². The molecule has 0 heterocycles. The summed E-state index contributed by atoms with van der Waals surface area (Å²) in [5, 5.41) is 0. The zero-order chi connectivity index (χ0) is 16.2. The molecule has 4 unspecified atom stereocenters. The molecule has 0 aromatic carbocycles. The third kappa shape index (κ3) is 4.70. The Balaban J connectivity index is 2.88. The van der Waals surface area contributed by atoms with Crippen LogP contribution < -0.4 is 5.73 Å². The summed E-state index contributed by atoms with van der Waals surface area (Å²) in [6.45, 7) is 14.1. The number of hydrogen-bond donors (Lipinski definition) is 1. The average Bonchev–Trinajstić information content (AvgIpc) is 2.42. The van der Waals surface area contributed by atoms with Gasteiger partial charge in [0.15, 0.2) is 0 Å². The lowest BCUT2D eigenvalue weighted by Crippen LogP contribution is -2.50. The summed E-state index contributed by atoms with van der Waals surface area (Å²) in [6, 6.07) is 0.556. The molecule has 1 aliphatic carbocycles. The molecule has 124 valence electrons. The van der Waals surface area contributed by atoms with Crippen molar-refractivity contribution in [3.8, 4) is 0 Å². The Labute approximate surface area is 131 Å². The molecule has 2 N–H and O–H groups in total. The van der Waals surface area contributed by atoms with Crippen LogP contribution in [0.4, 0.5) is 0 Å². The predicted octanol–water partition coefficient (Wildman–Crippen LogP) is 3.67. The smallest absolute Gasteiger partial charge is 0.226 e. The Bertz CT molecular complexity index is 325. The van der Waals surface area contributed by atoms with Gasteiger partial charge in [-0.1, -0.05) is 41.5 Å². The molecule has 0 spiro atoms. The Morgan fingerprint density at radius 3 is 2.19 bits per heavy atom. The van der Waals surface area contributed by atoms with Gasteiger partial charge >= 0.3 is 0 Å². The second-order valence-corrected chi connectivity index (χ2v) is 7.55. The highest BCUT2D eigenvalue weighted by Gasteiger charge is 2.38. The van der Waals surface area contributed by atoms with Gasteiger partial charge in [-0.2, -0.15) is 0 Å². The number of nitrogens with two attached hydrogens (primary N) is 1. The zero-order valence-corrected chi connectivity index (χ0v) is 14.9. The van der Waals surface area contributed by atoms with Crippen LogP contribution in [0.25, 0.3) is 0 Å². The van der Waals surface area contributed by atoms with Crippen LogP contribution in [0.1, 0.15) is 67.2 Å². The Morgan fingerprint density at radius 1 is 1.14 bits per heavy atom. The lowest BCUT2D eigenvalue weighted by atomic mass is 9.72. The second-order valence-electron chi connectivity index (χ2n) is 7.55. The van der Waals surface area contributed by atoms with Gasteiger partial charge in [0.1, 0.15) is 0 Å². The summed E-state index contributed by atoms with van der Waals surface area (Å²) in [6.07, 6.45) is 4.02. The van der Waals surface area contributed by atoms with Crippen molar-refractivity contribution >= 4 is 5.91 Å². The van der Waals surface area contributed by atoms with Crippen molar-refractivity contribution in [2.24, 2.45) is 29.4 Å². The van der Waals surface area contributed by atoms with E-state index in [1.54, 1.807) is 0 Å². The van der Waals surface area contributed by atoms with Crippen molar-refractivity contribution in [3.63, 3.8) is 0 Å². The summed E-state index contributed by atoms with van der Waals surface area (Å²) in [4.78, 5) is 15.3. The lowest BCUT2D eigenvalue weighted by Gasteiger charge is -2.41. The van der Waals surface area contributed by atoms with Crippen molar-refractivity contribution in [2.75, 3.05) is 6.54 Å². The first-order valence-corrected chi connectivity index (χ1v) is 8.87. The van der Waals surface area contributed by atoms with Crippen LogP contribution in [0, 0.1) is 23.7 Å². The van der Waals surface area contributed by atoms with Gasteiger partial charge in [0.25, 0.3) is 0 Å². The van der Waals surface area contributed by atoms with E-state index in [9.17, 15) is 4.79 Å². The third-order valence-electron chi connectivity index (χ3n) is 5.23. The molecule has 0 aromatic heterocycles. The van der Waals surface area contributed by atoms with Gasteiger partial charge < -0.3 is 10.6 Å². The molecule has 0 saturated heterocycles. The fraction of sp³-hybridized carbons (Fsp3) is 0.944. The van der Waals surface area contributed by atoms with E-state index in [0.29, 0.717) is 29.7 Å². The maximum atomic E-state index is 13.1. The first kappa shape index (κ1) is 18.5. The van der Waals surface area contributed by atoms with E-state index in [2.05, 4.69) is 46.4 Å². The molecule has 1 rings (SSSR count). The van der Waals surface area contributed by atoms with Crippen LogP contribution in [-0.4, -0.2) is 29.4 Å². The van der Waals surface area contributed by atoms with Gasteiger partial charge in [0.05, 0.1) is 0 Å². The molecule has 1 amide bonds. The van der Waals surface area contributed by atoms with Crippen LogP contribution in [0.2, 0.25) is 0 Å². The van der Waals surface area contributed by atoms with Crippen molar-refractivity contribution in [1.29, 1.82) is 0 Å². The molecule has 4 atom stereocenters. The minimum Gasteiger partial charge on any atom is -0.339 e. The number of nitrogens with zero attached hydrogens (tertiary/aromatic N) is 1. The van der Waals surface area contributed by atoms with E-state index in [4.69, 9.17) is 5.73 Å². The normalized spacial score (nSPS) is 30.0. The van der Waals surface area contributed by atoms with Gasteiger partial charge in [0.2, 0.25) is 5.91 Å². The molecular weight excluding hydrogens is 260 g/mol. The highest BCUT2D eigenvalue weighted by Crippen LogP contribution is 2.34. The molecule has 0 aliphatic heterocycles. The first-order valence-electron chi connectivity index (χ1n) is 8.87. The van der Waals surface area contributed by atoms with Crippen LogP contribution in [0.15, 0.2) is 0 Å². The summed E-state index contributed by atoms with van der Waals surface area (Å²) in [5.41, 5.74) is 6.24. The highest BCUT2D eigenvalue weighted by molar-refractivity contribution is 5.79. The zero-order valence-electron chi connectivity index (χ0n) is 14.9. The van der Waals surface area contributed by atoms with Gasteiger partial charge in [-0.05, 0) is 43.4 Å². The number of rotatable bonds is 6. The molecule has 3 heteroatoms. The average molecular weight is 296 g/mol. The van der Waals surface area contributed by atoms with Gasteiger partial charge in [-0.25, -0.2) is 0 Å². The number of hydrogen-bond acceptors (Lipinski definition) is 2. The van der Waals surface area contributed by atoms with Crippen molar-refractivity contribution in [3.05, 3.63) is 0 Å². The minimum atomic E-state index is 0.121. The largest absolute Gasteiger partial charge is 0.339 e. The van der Waals surface area contributed by atoms with E-state index < -0.39 is 0 Å². The SMILES string of the molecule is CCC(CC)N(CC(C)C)C(=O)C1CC(N)C(C)CC1C. The standard InChI is InChI=1S/C18H36N2O/c1-7-15(8-2)20(11-12(3)4)18(21)16-10-17(19)14(6)9-13(16)5/h12-17H,7-11,19H2,1-6H3. The fourth-order valence-electron chi connectivity index (χ4n) is 3.78. The minimum absolute atomic E-state index is 0.121. The maximum absolute atomic E-state index is 13.1. The summed E-state index contributed by atoms with van der Waals surface area (Å²) in [5.74, 6) is 1.98. The summed E-state index contributed by atoms with van der Waals surface area (Å²) in [7, 11) is 0. The van der Waals surface area contributed by atoms with Gasteiger partial charge in [-0.3, -0.25) is 4.79 Å². The van der Waals surface area contributed by atoms with E-state index in [-0.39, 0.29) is 12.0 Å². The first-order chi connectivity index (χ1) is 9.81. The van der Waals surface area contributed by atoms with Crippen molar-refractivity contribution in [1.82, 2.24) is 4.90 Å². The molecule has 1 saturated carbocycles. The quantitative estimate of drug-likeness (QED) is 0.813. The third-order valence-corrected chi connectivity index (χ3v) is 5.23. The number of amides is 1. The maximum Gasteiger partial charge on any atom is 0.226 e. The van der Waals surface area contributed by atoms with E-state index in [1.807, 2.05) is 0 Å². The second kappa shape index (κ2) is 8.17. The topological polar surface area (TPSA) is 46.3 Å². The Morgan fingerprint density at radius 2 is 1.71 bits per heavy atom. The molecule has 0 bridgehead atoms. The van der Waals surface area contributed by atoms with Gasteiger partial charge in [0, 0.05) is 24.5 Å². The van der Waals surface area contributed by atoms with Crippen LogP contribution >= 0.6 is 0 Å². The number of carbonyl (C=O) groups excluding carboxylic acids is 1. The monoisotopic (exact) mass is 296 g/mol. The molecule has 0 aromatic rings. The molecule has 21 heavy (non-hydrogen) atoms. The van der Waals surface area contributed by atoms with Gasteiger partial charge in [-0.15, -0.1) is 0 Å². The molecule has 3 nitrogen and oxygen atoms in total. The lowest BCUT2D eigenvalue weighted by molar-refractivity contribution is -0.142. The van der Waals surface area contributed by atoms with Crippen molar-refractivity contribution in [2.45, 2.75) is 79.3 Å². The van der Waals surface area contributed by atoms with Crippen LogP contribution in [0.5, 0.6) is 0 Å². The Kier molecular flexibility index (Phi) is 7.19. The van der Waals surface area contributed by atoms with Crippen LogP contribution in [-0.2, 0) is 4.79 Å². The number of carbonyl (C=O) groups is 1. The summed E-state index contributed by atoms with van der Waals surface area (Å²) >= 11 is 0. The summed E-state index contributed by atoms with van der Waals surface area (Å²) < 4.78 is 0. The molecule has 1 aliphatic rings. The molecule has 1 fully saturated rings. The predicted molar refractivity (Wildman–Crippen MR) is 89.9 cm³/mol. The molecular formula is C18H36N2O. The fourth-order valence-corrected chi connectivity index (χ4v) is 3.78. The Hall–Kier alpha value is -0.570. The highest BCUT2D eigenvalue weighted by atomic mass is 16.2. The molecule has 0 radical (unpaired) electrons. The van der Waals surface area contributed by atoms with E-state index in [0.717, 1.165) is 32.2 Å². The van der Waals surface area contributed by atoms with E-state index >= 15 is 0 Å². The van der Waals surface area contributed by atoms with Crippen LogP contribution in [0.3, 0.4) is 0 Å².